The van der Waals surface area contributed by atoms with Crippen LogP contribution in [0.15, 0.2) is 11.6 Å². The molecular formula is C7H8O3. The number of fused-ring (bicyclic) bond motifs is 1. The summed E-state index contributed by atoms with van der Waals surface area (Å²) >= 11 is 0. The predicted molar refractivity (Wildman–Crippen MR) is 33.4 cm³/mol. The van der Waals surface area contributed by atoms with Crippen molar-refractivity contribution in [2.75, 3.05) is 0 Å². The monoisotopic (exact) mass is 140 g/mol. The first-order chi connectivity index (χ1) is 4.70. The van der Waals surface area contributed by atoms with Gasteiger partial charge >= 0.3 is 0 Å². The van der Waals surface area contributed by atoms with E-state index in [4.69, 9.17) is 9.84 Å². The molecule has 3 heteroatoms. The Hall–Kier alpha value is -0.670. The summed E-state index contributed by atoms with van der Waals surface area (Å²) in [6.45, 7) is 1.70. The predicted octanol–water partition coefficient (Wildman–Crippen LogP) is -0.356. The van der Waals surface area contributed by atoms with Gasteiger partial charge in [0.25, 0.3) is 0 Å². The molecule has 1 heterocycles. The molecule has 3 atom stereocenters. The molecule has 3 nitrogen and oxygen atoms in total. The lowest BCUT2D eigenvalue weighted by Crippen LogP contribution is -2.25. The van der Waals surface area contributed by atoms with E-state index in [2.05, 4.69) is 0 Å². The SMILES string of the molecule is CC1=CC(O)C2OC2C1=O. The molecule has 0 amide bonds. The summed E-state index contributed by atoms with van der Waals surface area (Å²) in [6.07, 6.45) is 0.412. The van der Waals surface area contributed by atoms with Gasteiger partial charge in [-0.15, -0.1) is 0 Å². The van der Waals surface area contributed by atoms with Crippen molar-refractivity contribution in [2.45, 2.75) is 25.2 Å². The first kappa shape index (κ1) is 6.07. The first-order valence-electron chi connectivity index (χ1n) is 3.26. The molecule has 10 heavy (non-hydrogen) atoms. The summed E-state index contributed by atoms with van der Waals surface area (Å²) in [4.78, 5) is 11.0. The molecule has 1 saturated heterocycles. The smallest absolute Gasteiger partial charge is 0.189 e. The van der Waals surface area contributed by atoms with Gasteiger partial charge in [0.2, 0.25) is 0 Å². The van der Waals surface area contributed by atoms with Crippen molar-refractivity contribution in [3.8, 4) is 0 Å². The highest BCUT2D eigenvalue weighted by molar-refractivity contribution is 6.01. The Morgan fingerprint density at radius 3 is 3.10 bits per heavy atom. The van der Waals surface area contributed by atoms with Crippen LogP contribution in [0.2, 0.25) is 0 Å². The molecular weight excluding hydrogens is 132 g/mol. The van der Waals surface area contributed by atoms with Crippen LogP contribution in [0.1, 0.15) is 6.92 Å². The third-order valence-corrected chi connectivity index (χ3v) is 1.93. The first-order valence-corrected chi connectivity index (χ1v) is 3.26. The van der Waals surface area contributed by atoms with Crippen molar-refractivity contribution in [1.82, 2.24) is 0 Å². The van der Waals surface area contributed by atoms with Gasteiger partial charge in [-0.2, -0.15) is 0 Å². The number of ether oxygens (including phenoxy) is 1. The van der Waals surface area contributed by atoms with E-state index in [0.29, 0.717) is 5.57 Å². The lowest BCUT2D eigenvalue weighted by atomic mass is 9.98. The standard InChI is InChI=1S/C7H8O3/c1-3-2-4(8)6-7(10-6)5(3)9/h2,4,6-8H,1H3. The number of aliphatic hydroxyl groups excluding tert-OH is 1. The summed E-state index contributed by atoms with van der Waals surface area (Å²) < 4.78 is 4.92. The van der Waals surface area contributed by atoms with E-state index in [1.807, 2.05) is 0 Å². The molecule has 0 bridgehead atoms. The molecule has 1 aliphatic heterocycles. The number of rotatable bonds is 0. The quantitative estimate of drug-likeness (QED) is 0.467. The van der Waals surface area contributed by atoms with Crippen LogP contribution in [0, 0.1) is 0 Å². The normalized spacial score (nSPS) is 44.4. The Labute approximate surface area is 58.3 Å². The van der Waals surface area contributed by atoms with Crippen LogP contribution in [0.4, 0.5) is 0 Å². The van der Waals surface area contributed by atoms with E-state index >= 15 is 0 Å². The van der Waals surface area contributed by atoms with Crippen LogP contribution < -0.4 is 0 Å². The highest BCUT2D eigenvalue weighted by Gasteiger charge is 2.51. The zero-order valence-electron chi connectivity index (χ0n) is 5.57. The molecule has 0 aromatic rings. The molecule has 0 saturated carbocycles. The second-order valence-electron chi connectivity index (χ2n) is 2.73. The Morgan fingerprint density at radius 2 is 2.40 bits per heavy atom. The van der Waals surface area contributed by atoms with Gasteiger partial charge in [-0.3, -0.25) is 4.79 Å². The van der Waals surface area contributed by atoms with Gasteiger partial charge in [-0.05, 0) is 18.6 Å². The molecule has 2 aliphatic rings. The summed E-state index contributed by atoms with van der Waals surface area (Å²) in [7, 11) is 0. The van der Waals surface area contributed by atoms with Gasteiger partial charge in [0, 0.05) is 0 Å². The van der Waals surface area contributed by atoms with Crippen LogP contribution in [-0.4, -0.2) is 29.2 Å². The van der Waals surface area contributed by atoms with Gasteiger partial charge in [0.05, 0.1) is 0 Å². The van der Waals surface area contributed by atoms with Crippen molar-refractivity contribution in [3.63, 3.8) is 0 Å². The molecule has 54 valence electrons. The molecule has 1 aliphatic carbocycles. The van der Waals surface area contributed by atoms with Gasteiger partial charge in [0.15, 0.2) is 5.78 Å². The molecule has 2 rings (SSSR count). The van der Waals surface area contributed by atoms with E-state index in [0.717, 1.165) is 0 Å². The number of carbonyl (C=O) groups excluding carboxylic acids is 1. The highest BCUT2D eigenvalue weighted by Crippen LogP contribution is 2.33. The molecule has 0 aromatic carbocycles. The summed E-state index contributed by atoms with van der Waals surface area (Å²) in [5.41, 5.74) is 0.617. The van der Waals surface area contributed by atoms with Crippen molar-refractivity contribution >= 4 is 5.78 Å². The fourth-order valence-corrected chi connectivity index (χ4v) is 1.25. The average Bonchev–Trinajstić information content (AvgIpc) is 2.61. The minimum absolute atomic E-state index is 0.0234. The maximum Gasteiger partial charge on any atom is 0.189 e. The van der Waals surface area contributed by atoms with Crippen molar-refractivity contribution in [2.24, 2.45) is 0 Å². The number of hydrogen-bond acceptors (Lipinski definition) is 3. The Morgan fingerprint density at radius 1 is 1.70 bits per heavy atom. The lowest BCUT2D eigenvalue weighted by Gasteiger charge is -2.07. The van der Waals surface area contributed by atoms with E-state index in [1.165, 1.54) is 0 Å². The van der Waals surface area contributed by atoms with Crippen LogP contribution in [0.5, 0.6) is 0 Å². The molecule has 3 unspecified atom stereocenters. The van der Waals surface area contributed by atoms with Crippen LogP contribution in [0.25, 0.3) is 0 Å². The van der Waals surface area contributed by atoms with Crippen molar-refractivity contribution < 1.29 is 14.6 Å². The Balaban J connectivity index is 2.30. The van der Waals surface area contributed by atoms with E-state index in [9.17, 15) is 4.79 Å². The number of carbonyl (C=O) groups is 1. The van der Waals surface area contributed by atoms with Gasteiger partial charge in [-0.25, -0.2) is 0 Å². The van der Waals surface area contributed by atoms with Gasteiger partial charge in [-0.1, -0.05) is 0 Å². The number of hydrogen-bond donors (Lipinski definition) is 1. The van der Waals surface area contributed by atoms with Crippen molar-refractivity contribution in [3.05, 3.63) is 11.6 Å². The summed E-state index contributed by atoms with van der Waals surface area (Å²) in [6, 6.07) is 0. The molecule has 0 aromatic heterocycles. The Kier molecular flexibility index (Phi) is 1.02. The maximum absolute atomic E-state index is 11.0. The van der Waals surface area contributed by atoms with E-state index in [-0.39, 0.29) is 18.0 Å². The topological polar surface area (TPSA) is 49.8 Å². The molecule has 0 spiro atoms. The van der Waals surface area contributed by atoms with Gasteiger partial charge < -0.3 is 9.84 Å². The minimum atomic E-state index is -0.567. The molecule has 0 radical (unpaired) electrons. The molecule has 1 fully saturated rings. The zero-order valence-corrected chi connectivity index (χ0v) is 5.57. The number of Topliss-reactive ketones (excluding diaryl/α,β-unsaturated/α-hetero) is 1. The fourth-order valence-electron chi connectivity index (χ4n) is 1.25. The third-order valence-electron chi connectivity index (χ3n) is 1.93. The largest absolute Gasteiger partial charge is 0.386 e. The number of epoxide rings is 1. The number of aliphatic hydroxyl groups is 1. The fraction of sp³-hybridized carbons (Fsp3) is 0.571. The maximum atomic E-state index is 11.0. The summed E-state index contributed by atoms with van der Waals surface area (Å²) in [5, 5.41) is 9.15. The van der Waals surface area contributed by atoms with Crippen LogP contribution >= 0.6 is 0 Å². The Bertz CT molecular complexity index is 219. The van der Waals surface area contributed by atoms with Crippen LogP contribution in [0.3, 0.4) is 0 Å². The highest BCUT2D eigenvalue weighted by atomic mass is 16.6. The number of ketones is 1. The molecule has 1 N–H and O–H groups in total. The third kappa shape index (κ3) is 0.646. The summed E-state index contributed by atoms with van der Waals surface area (Å²) in [5.74, 6) is 0.0234. The van der Waals surface area contributed by atoms with E-state index in [1.54, 1.807) is 13.0 Å². The van der Waals surface area contributed by atoms with Crippen molar-refractivity contribution in [1.29, 1.82) is 0 Å². The van der Waals surface area contributed by atoms with Gasteiger partial charge in [0.1, 0.15) is 18.3 Å². The zero-order chi connectivity index (χ0) is 7.30. The average molecular weight is 140 g/mol. The second kappa shape index (κ2) is 1.68. The second-order valence-corrected chi connectivity index (χ2v) is 2.73. The lowest BCUT2D eigenvalue weighted by molar-refractivity contribution is -0.116. The van der Waals surface area contributed by atoms with Crippen LogP contribution in [-0.2, 0) is 9.53 Å². The van der Waals surface area contributed by atoms with E-state index < -0.39 is 6.10 Å². The minimum Gasteiger partial charge on any atom is -0.386 e.